The van der Waals surface area contributed by atoms with Crippen LogP contribution < -0.4 is 20.7 Å². The molecular formula is C20H31IN6O2. The lowest BCUT2D eigenvalue weighted by Gasteiger charge is -2.12. The number of halogens is 1. The van der Waals surface area contributed by atoms with Gasteiger partial charge in [0.1, 0.15) is 5.75 Å². The summed E-state index contributed by atoms with van der Waals surface area (Å²) in [6.45, 7) is 6.26. The standard InChI is InChI=1S/C20H30N6O2.HI/c1-15-12-16(2)26(25-15)11-5-10-22-20(21-3)24-14-19(27)23-13-17-6-8-18(28-4)9-7-17;/h6-9,12H,5,10-11,13-14H2,1-4H3,(H,23,27)(H2,21,22,24);1H. The van der Waals surface area contributed by atoms with E-state index >= 15 is 0 Å². The van der Waals surface area contributed by atoms with E-state index in [1.54, 1.807) is 14.2 Å². The maximum atomic E-state index is 12.0. The minimum absolute atomic E-state index is 0. The summed E-state index contributed by atoms with van der Waals surface area (Å²) in [5, 5.41) is 13.6. The highest BCUT2D eigenvalue weighted by atomic mass is 127. The summed E-state index contributed by atoms with van der Waals surface area (Å²) in [4.78, 5) is 16.2. The van der Waals surface area contributed by atoms with Crippen molar-refractivity contribution in [3.05, 3.63) is 47.3 Å². The fourth-order valence-electron chi connectivity index (χ4n) is 2.73. The number of guanidine groups is 1. The summed E-state index contributed by atoms with van der Waals surface area (Å²) in [6.07, 6.45) is 0.909. The van der Waals surface area contributed by atoms with Gasteiger partial charge in [0.2, 0.25) is 5.91 Å². The average molecular weight is 514 g/mol. The maximum Gasteiger partial charge on any atom is 0.239 e. The number of carbonyl (C=O) groups excluding carboxylic acids is 1. The van der Waals surface area contributed by atoms with Crippen molar-refractivity contribution in [2.45, 2.75) is 33.4 Å². The van der Waals surface area contributed by atoms with Crippen molar-refractivity contribution in [3.8, 4) is 5.75 Å². The second kappa shape index (κ2) is 13.0. The van der Waals surface area contributed by atoms with Crippen molar-refractivity contribution >= 4 is 35.8 Å². The van der Waals surface area contributed by atoms with Crippen molar-refractivity contribution in [2.75, 3.05) is 27.2 Å². The second-order valence-electron chi connectivity index (χ2n) is 6.48. The summed E-state index contributed by atoms with van der Waals surface area (Å²) in [5.41, 5.74) is 3.21. The molecule has 0 saturated carbocycles. The summed E-state index contributed by atoms with van der Waals surface area (Å²) < 4.78 is 7.12. The summed E-state index contributed by atoms with van der Waals surface area (Å²) in [6, 6.07) is 9.67. The van der Waals surface area contributed by atoms with Gasteiger partial charge in [-0.25, -0.2) is 0 Å². The van der Waals surface area contributed by atoms with E-state index in [-0.39, 0.29) is 36.4 Å². The number of methoxy groups -OCH3 is 1. The van der Waals surface area contributed by atoms with Crippen molar-refractivity contribution in [1.82, 2.24) is 25.7 Å². The molecule has 0 spiro atoms. The summed E-state index contributed by atoms with van der Waals surface area (Å²) in [7, 11) is 3.31. The van der Waals surface area contributed by atoms with Gasteiger partial charge in [-0.2, -0.15) is 5.10 Å². The Morgan fingerprint density at radius 3 is 2.48 bits per heavy atom. The van der Waals surface area contributed by atoms with E-state index in [0.717, 1.165) is 42.2 Å². The van der Waals surface area contributed by atoms with Gasteiger partial charge in [-0.15, -0.1) is 24.0 Å². The molecule has 1 amide bonds. The first-order chi connectivity index (χ1) is 13.5. The zero-order chi connectivity index (χ0) is 20.4. The Balaban J connectivity index is 0.00000420. The molecule has 0 atom stereocenters. The molecule has 9 heteroatoms. The topological polar surface area (TPSA) is 92.6 Å². The zero-order valence-electron chi connectivity index (χ0n) is 17.5. The van der Waals surface area contributed by atoms with Gasteiger partial charge in [-0.05, 0) is 44.0 Å². The molecule has 0 fully saturated rings. The number of benzene rings is 1. The van der Waals surface area contributed by atoms with E-state index in [9.17, 15) is 4.79 Å². The van der Waals surface area contributed by atoms with Gasteiger partial charge in [-0.3, -0.25) is 14.5 Å². The Bertz CT molecular complexity index is 789. The van der Waals surface area contributed by atoms with E-state index in [1.165, 1.54) is 0 Å². The number of rotatable bonds is 9. The van der Waals surface area contributed by atoms with Crippen LogP contribution in [0.3, 0.4) is 0 Å². The highest BCUT2D eigenvalue weighted by molar-refractivity contribution is 14.0. The molecule has 0 aliphatic carbocycles. The van der Waals surface area contributed by atoms with E-state index in [2.05, 4.69) is 39.0 Å². The first kappa shape index (κ1) is 24.7. The smallest absolute Gasteiger partial charge is 0.239 e. The fourth-order valence-corrected chi connectivity index (χ4v) is 2.73. The Kier molecular flexibility index (Phi) is 11.1. The third kappa shape index (κ3) is 8.71. The molecule has 2 aromatic rings. The molecule has 0 radical (unpaired) electrons. The van der Waals surface area contributed by atoms with Crippen LogP contribution in [-0.2, 0) is 17.9 Å². The number of aliphatic imine (C=N–C) groups is 1. The van der Waals surface area contributed by atoms with Crippen LogP contribution >= 0.6 is 24.0 Å². The third-order valence-corrected chi connectivity index (χ3v) is 4.23. The minimum Gasteiger partial charge on any atom is -0.497 e. The first-order valence-electron chi connectivity index (χ1n) is 9.37. The van der Waals surface area contributed by atoms with E-state index in [4.69, 9.17) is 4.74 Å². The zero-order valence-corrected chi connectivity index (χ0v) is 19.8. The molecular weight excluding hydrogens is 483 g/mol. The van der Waals surface area contributed by atoms with Crippen LogP contribution in [0.1, 0.15) is 23.4 Å². The number of hydrogen-bond acceptors (Lipinski definition) is 4. The largest absolute Gasteiger partial charge is 0.497 e. The van der Waals surface area contributed by atoms with Gasteiger partial charge in [0.15, 0.2) is 5.96 Å². The van der Waals surface area contributed by atoms with Gasteiger partial charge in [0, 0.05) is 32.4 Å². The van der Waals surface area contributed by atoms with Crippen LogP contribution in [0.2, 0.25) is 0 Å². The number of ether oxygens (including phenoxy) is 1. The SMILES string of the molecule is CN=C(NCCCn1nc(C)cc1C)NCC(=O)NCc1ccc(OC)cc1.I. The molecule has 0 bridgehead atoms. The van der Waals surface area contributed by atoms with Crippen LogP contribution in [0.4, 0.5) is 0 Å². The van der Waals surface area contributed by atoms with Crippen molar-refractivity contribution < 1.29 is 9.53 Å². The molecule has 8 nitrogen and oxygen atoms in total. The molecule has 3 N–H and O–H groups in total. The molecule has 1 aromatic carbocycles. The van der Waals surface area contributed by atoms with Gasteiger partial charge in [0.25, 0.3) is 0 Å². The number of nitrogens with one attached hydrogen (secondary N) is 3. The van der Waals surface area contributed by atoms with E-state index in [1.807, 2.05) is 35.9 Å². The van der Waals surface area contributed by atoms with Crippen molar-refractivity contribution in [1.29, 1.82) is 0 Å². The predicted molar refractivity (Wildman–Crippen MR) is 126 cm³/mol. The lowest BCUT2D eigenvalue weighted by molar-refractivity contribution is -0.120. The minimum atomic E-state index is -0.0959. The third-order valence-electron chi connectivity index (χ3n) is 4.23. The predicted octanol–water partition coefficient (Wildman–Crippen LogP) is 2.00. The molecule has 0 aliphatic heterocycles. The molecule has 0 saturated heterocycles. The number of aromatic nitrogens is 2. The lowest BCUT2D eigenvalue weighted by Crippen LogP contribution is -2.43. The number of aryl methyl sites for hydroxylation is 3. The Labute approximate surface area is 189 Å². The number of hydrogen-bond donors (Lipinski definition) is 3. The number of nitrogens with zero attached hydrogens (tertiary/aromatic N) is 3. The van der Waals surface area contributed by atoms with Crippen LogP contribution in [0.25, 0.3) is 0 Å². The highest BCUT2D eigenvalue weighted by Crippen LogP contribution is 2.10. The van der Waals surface area contributed by atoms with Gasteiger partial charge in [0.05, 0.1) is 19.3 Å². The van der Waals surface area contributed by atoms with Gasteiger partial charge in [-0.1, -0.05) is 12.1 Å². The Hall–Kier alpha value is -2.30. The quantitative estimate of drug-likeness (QED) is 0.206. The fraction of sp³-hybridized carbons (Fsp3) is 0.450. The lowest BCUT2D eigenvalue weighted by atomic mass is 10.2. The molecule has 0 unspecified atom stereocenters. The molecule has 1 heterocycles. The maximum absolute atomic E-state index is 12.0. The second-order valence-corrected chi connectivity index (χ2v) is 6.48. The molecule has 160 valence electrons. The van der Waals surface area contributed by atoms with Crippen LogP contribution in [-0.4, -0.2) is 48.9 Å². The first-order valence-corrected chi connectivity index (χ1v) is 9.37. The molecule has 2 rings (SSSR count). The molecule has 0 aliphatic rings. The highest BCUT2D eigenvalue weighted by Gasteiger charge is 2.05. The summed E-state index contributed by atoms with van der Waals surface area (Å²) >= 11 is 0. The number of carbonyl (C=O) groups is 1. The van der Waals surface area contributed by atoms with Crippen LogP contribution in [0, 0.1) is 13.8 Å². The Morgan fingerprint density at radius 1 is 1.17 bits per heavy atom. The van der Waals surface area contributed by atoms with Crippen molar-refractivity contribution in [3.63, 3.8) is 0 Å². The molecule has 1 aromatic heterocycles. The van der Waals surface area contributed by atoms with Crippen LogP contribution in [0.15, 0.2) is 35.3 Å². The van der Waals surface area contributed by atoms with Crippen LogP contribution in [0.5, 0.6) is 5.75 Å². The average Bonchev–Trinajstić information content (AvgIpc) is 3.03. The van der Waals surface area contributed by atoms with Gasteiger partial charge < -0.3 is 20.7 Å². The normalized spacial score (nSPS) is 10.8. The van der Waals surface area contributed by atoms with E-state index < -0.39 is 0 Å². The monoisotopic (exact) mass is 514 g/mol. The van der Waals surface area contributed by atoms with E-state index in [0.29, 0.717) is 12.5 Å². The molecule has 29 heavy (non-hydrogen) atoms. The summed E-state index contributed by atoms with van der Waals surface area (Å²) in [5.74, 6) is 1.30. The Morgan fingerprint density at radius 2 is 1.90 bits per heavy atom. The van der Waals surface area contributed by atoms with Crippen molar-refractivity contribution in [2.24, 2.45) is 4.99 Å². The number of amides is 1. The van der Waals surface area contributed by atoms with Gasteiger partial charge >= 0.3 is 0 Å².